The van der Waals surface area contributed by atoms with Crippen LogP contribution in [0.3, 0.4) is 0 Å². The maximum atomic E-state index is 12.1. The quantitative estimate of drug-likeness (QED) is 0.565. The van der Waals surface area contributed by atoms with Crippen LogP contribution < -0.4 is 11.1 Å². The van der Waals surface area contributed by atoms with Crippen LogP contribution in [-0.2, 0) is 4.79 Å². The minimum absolute atomic E-state index is 0.291. The Morgan fingerprint density at radius 1 is 1.44 bits per heavy atom. The first-order valence-corrected chi connectivity index (χ1v) is 9.40. The number of amides is 2. The number of hydrogen-bond acceptors (Lipinski definition) is 5. The van der Waals surface area contributed by atoms with E-state index in [1.807, 2.05) is 12.1 Å². The molecule has 2 unspecified atom stereocenters. The first kappa shape index (κ1) is 17.3. The second-order valence-electron chi connectivity index (χ2n) is 6.59. The number of aromatic amines is 1. The Kier molecular flexibility index (Phi) is 4.41. The SMILES string of the molecule is CC1CC1c1ccc(/C=C/C(=O)Nc2nc(-c3c[nH]c(C(N)=O)c3)cs2)o1. The zero-order valence-electron chi connectivity index (χ0n) is 14.6. The van der Waals surface area contributed by atoms with Crippen LogP contribution in [0.1, 0.15) is 41.3 Å². The van der Waals surface area contributed by atoms with Crippen LogP contribution in [0.4, 0.5) is 5.13 Å². The molecule has 2 atom stereocenters. The molecule has 7 nitrogen and oxygen atoms in total. The van der Waals surface area contributed by atoms with Crippen molar-refractivity contribution in [2.45, 2.75) is 19.3 Å². The van der Waals surface area contributed by atoms with Crippen molar-refractivity contribution >= 4 is 34.4 Å². The largest absolute Gasteiger partial charge is 0.461 e. The van der Waals surface area contributed by atoms with Gasteiger partial charge >= 0.3 is 0 Å². The van der Waals surface area contributed by atoms with E-state index in [9.17, 15) is 9.59 Å². The smallest absolute Gasteiger partial charge is 0.265 e. The van der Waals surface area contributed by atoms with E-state index in [1.165, 1.54) is 17.4 Å². The number of anilines is 1. The van der Waals surface area contributed by atoms with Crippen molar-refractivity contribution in [1.82, 2.24) is 9.97 Å². The summed E-state index contributed by atoms with van der Waals surface area (Å²) in [5, 5.41) is 4.98. The zero-order valence-corrected chi connectivity index (χ0v) is 15.4. The lowest BCUT2D eigenvalue weighted by atomic mass is 10.2. The van der Waals surface area contributed by atoms with Crippen molar-refractivity contribution in [3.05, 3.63) is 53.1 Å². The molecule has 1 fully saturated rings. The third-order valence-electron chi connectivity index (χ3n) is 4.50. The van der Waals surface area contributed by atoms with Crippen LogP contribution in [-0.4, -0.2) is 21.8 Å². The number of furan rings is 1. The highest BCUT2D eigenvalue weighted by atomic mass is 32.1. The van der Waals surface area contributed by atoms with Crippen molar-refractivity contribution in [3.63, 3.8) is 0 Å². The van der Waals surface area contributed by atoms with E-state index < -0.39 is 5.91 Å². The minimum Gasteiger partial charge on any atom is -0.461 e. The van der Waals surface area contributed by atoms with Gasteiger partial charge in [-0.1, -0.05) is 6.92 Å². The molecule has 1 saturated carbocycles. The van der Waals surface area contributed by atoms with Gasteiger partial charge in [0.05, 0.1) is 5.69 Å². The van der Waals surface area contributed by atoms with Gasteiger partial charge in [0.2, 0.25) is 5.91 Å². The summed E-state index contributed by atoms with van der Waals surface area (Å²) < 4.78 is 5.74. The van der Waals surface area contributed by atoms with E-state index in [-0.39, 0.29) is 5.91 Å². The van der Waals surface area contributed by atoms with Crippen LogP contribution >= 0.6 is 11.3 Å². The second-order valence-corrected chi connectivity index (χ2v) is 7.44. The Hall–Kier alpha value is -3.13. The third kappa shape index (κ3) is 3.85. The fraction of sp³-hybridized carbons (Fsp3) is 0.211. The third-order valence-corrected chi connectivity index (χ3v) is 5.26. The van der Waals surface area contributed by atoms with Crippen molar-refractivity contribution in [2.75, 3.05) is 5.32 Å². The van der Waals surface area contributed by atoms with Crippen LogP contribution in [0.15, 0.2) is 40.3 Å². The van der Waals surface area contributed by atoms with Gasteiger partial charge in [0.15, 0.2) is 5.13 Å². The lowest BCUT2D eigenvalue weighted by Gasteiger charge is -1.95. The van der Waals surface area contributed by atoms with Gasteiger partial charge in [0, 0.05) is 29.1 Å². The molecule has 4 rings (SSSR count). The van der Waals surface area contributed by atoms with Gasteiger partial charge in [0.1, 0.15) is 17.2 Å². The highest BCUT2D eigenvalue weighted by molar-refractivity contribution is 7.14. The molecule has 2 amide bonds. The Balaban J connectivity index is 1.37. The minimum atomic E-state index is -0.535. The van der Waals surface area contributed by atoms with Gasteiger partial charge in [0.25, 0.3) is 5.91 Å². The van der Waals surface area contributed by atoms with Crippen molar-refractivity contribution < 1.29 is 14.0 Å². The van der Waals surface area contributed by atoms with Gasteiger partial charge in [-0.05, 0) is 36.6 Å². The number of aromatic nitrogens is 2. The molecule has 0 aromatic carbocycles. The van der Waals surface area contributed by atoms with Crippen LogP contribution in [0.25, 0.3) is 17.3 Å². The Morgan fingerprint density at radius 3 is 2.96 bits per heavy atom. The predicted molar refractivity (Wildman–Crippen MR) is 103 cm³/mol. The van der Waals surface area contributed by atoms with Crippen molar-refractivity contribution in [1.29, 1.82) is 0 Å². The molecule has 3 heterocycles. The molecule has 3 aromatic rings. The number of rotatable bonds is 6. The van der Waals surface area contributed by atoms with Crippen LogP contribution in [0, 0.1) is 5.92 Å². The summed E-state index contributed by atoms with van der Waals surface area (Å²) in [7, 11) is 0. The number of carbonyl (C=O) groups is 2. The Bertz CT molecular complexity index is 1030. The molecular formula is C19H18N4O3S. The summed E-state index contributed by atoms with van der Waals surface area (Å²) in [6.07, 6.45) is 5.87. The standard InChI is InChI=1S/C19H18N4O3S/c1-10-6-13(10)16-4-2-12(26-16)3-5-17(24)23-19-22-15(9-27-19)11-7-14(18(20)25)21-8-11/h2-5,7-10,13,21H,6H2,1H3,(H2,20,25)(H,22,23,24)/b5-3+. The molecule has 1 aliphatic carbocycles. The molecule has 0 aliphatic heterocycles. The summed E-state index contributed by atoms with van der Waals surface area (Å²) in [5.41, 5.74) is 6.92. The normalized spacial score (nSPS) is 18.7. The molecule has 0 saturated heterocycles. The van der Waals surface area contributed by atoms with Crippen LogP contribution in [0.2, 0.25) is 0 Å². The molecule has 8 heteroatoms. The number of primary amides is 1. The van der Waals surface area contributed by atoms with E-state index >= 15 is 0 Å². The number of nitrogens with zero attached hydrogens (tertiary/aromatic N) is 1. The van der Waals surface area contributed by atoms with Crippen LogP contribution in [0.5, 0.6) is 0 Å². The van der Waals surface area contributed by atoms with Gasteiger partial charge < -0.3 is 15.1 Å². The number of nitrogens with two attached hydrogens (primary N) is 1. The monoisotopic (exact) mass is 382 g/mol. The number of hydrogen-bond donors (Lipinski definition) is 3. The fourth-order valence-electron chi connectivity index (χ4n) is 2.83. The molecule has 1 aliphatic rings. The van der Waals surface area contributed by atoms with Crippen molar-refractivity contribution in [3.8, 4) is 11.3 Å². The lowest BCUT2D eigenvalue weighted by molar-refractivity contribution is -0.111. The number of nitrogens with one attached hydrogen (secondary N) is 2. The summed E-state index contributed by atoms with van der Waals surface area (Å²) in [4.78, 5) is 30.4. The van der Waals surface area contributed by atoms with E-state index in [2.05, 4.69) is 22.2 Å². The topological polar surface area (TPSA) is 114 Å². The van der Waals surface area contributed by atoms with Gasteiger partial charge in [-0.25, -0.2) is 4.98 Å². The highest BCUT2D eigenvalue weighted by Gasteiger charge is 2.36. The maximum Gasteiger partial charge on any atom is 0.265 e. The molecule has 0 bridgehead atoms. The molecule has 0 radical (unpaired) electrons. The molecular weight excluding hydrogens is 364 g/mol. The number of carbonyl (C=O) groups excluding carboxylic acids is 2. The van der Waals surface area contributed by atoms with E-state index in [0.29, 0.717) is 34.1 Å². The first-order chi connectivity index (χ1) is 13.0. The first-order valence-electron chi connectivity index (χ1n) is 8.52. The van der Waals surface area contributed by atoms with E-state index in [0.717, 1.165) is 17.7 Å². The molecule has 4 N–H and O–H groups in total. The zero-order chi connectivity index (χ0) is 19.0. The van der Waals surface area contributed by atoms with E-state index in [4.69, 9.17) is 10.2 Å². The fourth-order valence-corrected chi connectivity index (χ4v) is 3.55. The summed E-state index contributed by atoms with van der Waals surface area (Å²) in [5.74, 6) is 2.00. The lowest BCUT2D eigenvalue weighted by Crippen LogP contribution is -2.10. The predicted octanol–water partition coefficient (Wildman–Crippen LogP) is 3.61. The average molecular weight is 382 g/mol. The average Bonchev–Trinajstić information content (AvgIpc) is 3.13. The van der Waals surface area contributed by atoms with Gasteiger partial charge in [-0.2, -0.15) is 0 Å². The summed E-state index contributed by atoms with van der Waals surface area (Å²) in [6.45, 7) is 2.20. The highest BCUT2D eigenvalue weighted by Crippen LogP contribution is 2.47. The Morgan fingerprint density at radius 2 is 2.26 bits per heavy atom. The number of thiazole rings is 1. The second kappa shape index (κ2) is 6.88. The number of H-pyrrole nitrogens is 1. The molecule has 0 spiro atoms. The molecule has 3 aromatic heterocycles. The Labute approximate surface area is 159 Å². The summed E-state index contributed by atoms with van der Waals surface area (Å²) >= 11 is 1.30. The van der Waals surface area contributed by atoms with Crippen molar-refractivity contribution in [2.24, 2.45) is 11.7 Å². The summed E-state index contributed by atoms with van der Waals surface area (Å²) in [6, 6.07) is 5.46. The van der Waals surface area contributed by atoms with E-state index in [1.54, 1.807) is 23.7 Å². The molecule has 138 valence electrons. The maximum absolute atomic E-state index is 12.1. The van der Waals surface area contributed by atoms with Gasteiger partial charge in [-0.15, -0.1) is 11.3 Å². The van der Waals surface area contributed by atoms with Gasteiger partial charge in [-0.3, -0.25) is 14.9 Å². The molecule has 27 heavy (non-hydrogen) atoms.